The van der Waals surface area contributed by atoms with E-state index in [-0.39, 0.29) is 12.3 Å². The third-order valence-electron chi connectivity index (χ3n) is 3.47. The van der Waals surface area contributed by atoms with Crippen molar-refractivity contribution >= 4 is 5.91 Å². The fourth-order valence-electron chi connectivity index (χ4n) is 2.39. The highest BCUT2D eigenvalue weighted by Crippen LogP contribution is 2.13. The highest BCUT2D eigenvalue weighted by atomic mass is 16.3. The van der Waals surface area contributed by atoms with E-state index in [1.165, 1.54) is 0 Å². The molecule has 0 atom stereocenters. The van der Waals surface area contributed by atoms with E-state index in [2.05, 4.69) is 4.98 Å². The van der Waals surface area contributed by atoms with Gasteiger partial charge in [-0.25, -0.2) is 0 Å². The predicted octanol–water partition coefficient (Wildman–Crippen LogP) is 2.73. The number of benzene rings is 1. The average Bonchev–Trinajstić information content (AvgIpc) is 2.48. The number of nitrogens with zero attached hydrogens (tertiary/aromatic N) is 2. The molecule has 0 saturated carbocycles. The lowest BCUT2D eigenvalue weighted by Crippen LogP contribution is -2.42. The summed E-state index contributed by atoms with van der Waals surface area (Å²) < 4.78 is 0. The Kier molecular flexibility index (Phi) is 5.50. The van der Waals surface area contributed by atoms with Crippen LogP contribution < -0.4 is 0 Å². The number of rotatable bonds is 6. The molecule has 0 saturated heterocycles. The van der Waals surface area contributed by atoms with Crippen molar-refractivity contribution in [3.63, 3.8) is 0 Å². The largest absolute Gasteiger partial charge is 0.389 e. The molecule has 0 unspecified atom stereocenters. The van der Waals surface area contributed by atoms with Crippen molar-refractivity contribution in [2.45, 2.75) is 39.3 Å². The summed E-state index contributed by atoms with van der Waals surface area (Å²) in [5.74, 6) is -0.0124. The van der Waals surface area contributed by atoms with E-state index in [1.807, 2.05) is 49.4 Å². The van der Waals surface area contributed by atoms with Crippen LogP contribution in [0.3, 0.4) is 0 Å². The third kappa shape index (κ3) is 5.83. The Morgan fingerprint density at radius 2 is 1.83 bits per heavy atom. The maximum atomic E-state index is 12.7. The highest BCUT2D eigenvalue weighted by molar-refractivity contribution is 5.78. The number of carbonyl (C=O) groups excluding carboxylic acids is 1. The van der Waals surface area contributed by atoms with E-state index >= 15 is 0 Å². The van der Waals surface area contributed by atoms with Gasteiger partial charge in [0.15, 0.2) is 0 Å². The molecule has 0 radical (unpaired) electrons. The lowest BCUT2D eigenvalue weighted by atomic mass is 10.1. The van der Waals surface area contributed by atoms with Crippen LogP contribution in [0.15, 0.2) is 48.7 Å². The van der Waals surface area contributed by atoms with Crippen molar-refractivity contribution in [2.75, 3.05) is 6.54 Å². The fraction of sp³-hybridized carbons (Fsp3) is 0.368. The number of aryl methyl sites for hydroxylation is 1. The number of amides is 1. The molecule has 0 aliphatic heterocycles. The van der Waals surface area contributed by atoms with Crippen LogP contribution >= 0.6 is 0 Å². The minimum Gasteiger partial charge on any atom is -0.389 e. The smallest absolute Gasteiger partial charge is 0.227 e. The molecule has 4 nitrogen and oxygen atoms in total. The molecule has 1 heterocycles. The molecule has 1 aromatic carbocycles. The van der Waals surface area contributed by atoms with Gasteiger partial charge in [-0.1, -0.05) is 36.4 Å². The van der Waals surface area contributed by atoms with Gasteiger partial charge in [-0.05, 0) is 38.0 Å². The molecule has 1 N–H and O–H groups in total. The topological polar surface area (TPSA) is 53.4 Å². The molecule has 2 aromatic rings. The minimum absolute atomic E-state index is 0.0124. The number of hydrogen-bond donors (Lipinski definition) is 1. The maximum Gasteiger partial charge on any atom is 0.227 e. The van der Waals surface area contributed by atoms with Gasteiger partial charge in [0.2, 0.25) is 5.91 Å². The predicted molar refractivity (Wildman–Crippen MR) is 90.8 cm³/mol. The Morgan fingerprint density at radius 1 is 1.13 bits per heavy atom. The summed E-state index contributed by atoms with van der Waals surface area (Å²) in [6.07, 6.45) is 2.02. The van der Waals surface area contributed by atoms with Crippen molar-refractivity contribution in [2.24, 2.45) is 0 Å². The van der Waals surface area contributed by atoms with Crippen LogP contribution in [0.1, 0.15) is 30.7 Å². The summed E-state index contributed by atoms with van der Waals surface area (Å²) in [4.78, 5) is 18.6. The van der Waals surface area contributed by atoms with E-state index < -0.39 is 5.60 Å². The zero-order valence-corrected chi connectivity index (χ0v) is 14.0. The second kappa shape index (κ2) is 7.38. The monoisotopic (exact) mass is 312 g/mol. The van der Waals surface area contributed by atoms with Gasteiger partial charge >= 0.3 is 0 Å². The van der Waals surface area contributed by atoms with Crippen LogP contribution in [0.4, 0.5) is 0 Å². The van der Waals surface area contributed by atoms with Crippen LogP contribution in [0.25, 0.3) is 0 Å². The average molecular weight is 312 g/mol. The van der Waals surface area contributed by atoms with Gasteiger partial charge in [0.1, 0.15) is 0 Å². The first-order valence-electron chi connectivity index (χ1n) is 7.79. The fourth-order valence-corrected chi connectivity index (χ4v) is 2.39. The van der Waals surface area contributed by atoms with Crippen LogP contribution in [0.2, 0.25) is 0 Å². The molecule has 0 aliphatic rings. The molecule has 0 aliphatic carbocycles. The molecule has 0 spiro atoms. The van der Waals surface area contributed by atoms with Gasteiger partial charge in [0.05, 0.1) is 12.0 Å². The number of pyridine rings is 1. The van der Waals surface area contributed by atoms with Gasteiger partial charge in [-0.15, -0.1) is 0 Å². The first-order valence-corrected chi connectivity index (χ1v) is 7.79. The summed E-state index contributed by atoms with van der Waals surface area (Å²) in [6.45, 7) is 6.13. The molecular weight excluding hydrogens is 288 g/mol. The Labute approximate surface area is 137 Å². The number of carbonyl (C=O) groups is 1. The number of aromatic nitrogens is 1. The van der Waals surface area contributed by atoms with Crippen LogP contribution in [0.5, 0.6) is 0 Å². The van der Waals surface area contributed by atoms with E-state index in [9.17, 15) is 9.90 Å². The lowest BCUT2D eigenvalue weighted by molar-refractivity contribution is -0.134. The third-order valence-corrected chi connectivity index (χ3v) is 3.47. The Bertz CT molecular complexity index is 631. The Balaban J connectivity index is 2.11. The molecule has 0 bridgehead atoms. The molecule has 1 aromatic heterocycles. The second-order valence-corrected chi connectivity index (χ2v) is 6.53. The molecule has 122 valence electrons. The van der Waals surface area contributed by atoms with Gasteiger partial charge in [-0.3, -0.25) is 9.78 Å². The summed E-state index contributed by atoms with van der Waals surface area (Å²) in [7, 11) is 0. The van der Waals surface area contributed by atoms with Crippen molar-refractivity contribution in [3.8, 4) is 0 Å². The van der Waals surface area contributed by atoms with Crippen molar-refractivity contribution < 1.29 is 9.90 Å². The van der Waals surface area contributed by atoms with Crippen molar-refractivity contribution in [1.29, 1.82) is 0 Å². The van der Waals surface area contributed by atoms with E-state index in [0.717, 1.165) is 16.8 Å². The van der Waals surface area contributed by atoms with Crippen LogP contribution in [0, 0.1) is 6.92 Å². The molecule has 1 amide bonds. The lowest BCUT2D eigenvalue weighted by Gasteiger charge is -2.29. The van der Waals surface area contributed by atoms with Gasteiger partial charge < -0.3 is 10.0 Å². The highest BCUT2D eigenvalue weighted by Gasteiger charge is 2.22. The summed E-state index contributed by atoms with van der Waals surface area (Å²) in [6, 6.07) is 13.6. The molecule has 0 fully saturated rings. The Hall–Kier alpha value is -2.20. The molecule has 2 rings (SSSR count). The van der Waals surface area contributed by atoms with E-state index in [4.69, 9.17) is 0 Å². The zero-order chi connectivity index (χ0) is 16.9. The molecule has 4 heteroatoms. The first kappa shape index (κ1) is 17.2. The van der Waals surface area contributed by atoms with E-state index in [1.54, 1.807) is 24.9 Å². The molecular formula is C19H24N2O2. The molecule has 23 heavy (non-hydrogen) atoms. The van der Waals surface area contributed by atoms with E-state index in [0.29, 0.717) is 13.1 Å². The van der Waals surface area contributed by atoms with Crippen molar-refractivity contribution in [3.05, 3.63) is 65.5 Å². The summed E-state index contributed by atoms with van der Waals surface area (Å²) in [5, 5.41) is 10.1. The Morgan fingerprint density at radius 3 is 2.39 bits per heavy atom. The SMILES string of the molecule is Cc1ccc(CC(=O)N(Cc2ccccc2)CC(C)(C)O)cn1. The zero-order valence-electron chi connectivity index (χ0n) is 14.0. The first-order chi connectivity index (χ1) is 10.8. The maximum absolute atomic E-state index is 12.7. The van der Waals surface area contributed by atoms with Gasteiger partial charge in [-0.2, -0.15) is 0 Å². The van der Waals surface area contributed by atoms with Crippen molar-refractivity contribution in [1.82, 2.24) is 9.88 Å². The number of aliphatic hydroxyl groups is 1. The summed E-state index contributed by atoms with van der Waals surface area (Å²) in [5.41, 5.74) is 1.93. The van der Waals surface area contributed by atoms with Gasteiger partial charge in [0.25, 0.3) is 0 Å². The minimum atomic E-state index is -0.935. The quantitative estimate of drug-likeness (QED) is 0.892. The van der Waals surface area contributed by atoms with Crippen LogP contribution in [-0.4, -0.2) is 33.0 Å². The normalized spacial score (nSPS) is 11.3. The second-order valence-electron chi connectivity index (χ2n) is 6.53. The standard InChI is InChI=1S/C19H24N2O2/c1-15-9-10-17(12-20-15)11-18(22)21(14-19(2,3)23)13-16-7-5-4-6-8-16/h4-10,12,23H,11,13-14H2,1-3H3. The number of hydrogen-bond acceptors (Lipinski definition) is 3. The van der Waals surface area contributed by atoms with Crippen LogP contribution in [-0.2, 0) is 17.8 Å². The summed E-state index contributed by atoms with van der Waals surface area (Å²) >= 11 is 0. The van der Waals surface area contributed by atoms with Gasteiger partial charge in [0, 0.05) is 25.0 Å².